The van der Waals surface area contributed by atoms with Crippen LogP contribution in [0.15, 0.2) is 29.2 Å². The van der Waals surface area contributed by atoms with Gasteiger partial charge in [-0.15, -0.1) is 0 Å². The molecule has 0 aliphatic carbocycles. The summed E-state index contributed by atoms with van der Waals surface area (Å²) < 4.78 is 31.6. The SMILES string of the molecule is Cc1cccc(S(=O)(=O)N2COCC2(C)C)c1. The standard InChI is InChI=1S/C12H17NO3S/c1-10-5-4-6-11(7-10)17(14,15)13-9-16-8-12(13,2)3/h4-7H,8-9H2,1-3H3. The Morgan fingerprint density at radius 3 is 2.59 bits per heavy atom. The van der Waals surface area contributed by atoms with Crippen molar-refractivity contribution in [2.45, 2.75) is 31.2 Å². The second kappa shape index (κ2) is 4.08. The van der Waals surface area contributed by atoms with Crippen molar-refractivity contribution in [1.29, 1.82) is 0 Å². The average Bonchev–Trinajstić information content (AvgIpc) is 2.58. The fourth-order valence-electron chi connectivity index (χ4n) is 1.92. The summed E-state index contributed by atoms with van der Waals surface area (Å²) in [5, 5.41) is 0. The van der Waals surface area contributed by atoms with Crippen molar-refractivity contribution in [1.82, 2.24) is 4.31 Å². The summed E-state index contributed by atoms with van der Waals surface area (Å²) in [4.78, 5) is 0.330. The van der Waals surface area contributed by atoms with Crippen LogP contribution >= 0.6 is 0 Å². The molecule has 1 aromatic carbocycles. The lowest BCUT2D eigenvalue weighted by atomic mass is 10.1. The third-order valence-electron chi connectivity index (χ3n) is 2.92. The van der Waals surface area contributed by atoms with Gasteiger partial charge in [-0.3, -0.25) is 0 Å². The third-order valence-corrected chi connectivity index (χ3v) is 4.95. The molecule has 0 unspecified atom stereocenters. The molecule has 0 radical (unpaired) electrons. The van der Waals surface area contributed by atoms with Crippen LogP contribution < -0.4 is 0 Å². The van der Waals surface area contributed by atoms with Crippen LogP contribution in [-0.2, 0) is 14.8 Å². The van der Waals surface area contributed by atoms with Gasteiger partial charge in [0.15, 0.2) is 0 Å². The van der Waals surface area contributed by atoms with E-state index in [1.54, 1.807) is 18.2 Å². The van der Waals surface area contributed by atoms with E-state index >= 15 is 0 Å². The maximum Gasteiger partial charge on any atom is 0.245 e. The summed E-state index contributed by atoms with van der Waals surface area (Å²) in [6.45, 7) is 6.17. The number of hydrogen-bond donors (Lipinski definition) is 0. The molecule has 0 amide bonds. The molecule has 94 valence electrons. The zero-order valence-corrected chi connectivity index (χ0v) is 11.1. The van der Waals surface area contributed by atoms with Crippen LogP contribution in [0.1, 0.15) is 19.4 Å². The molecule has 0 aromatic heterocycles. The summed E-state index contributed by atoms with van der Waals surface area (Å²) in [5.41, 5.74) is 0.451. The molecule has 0 bridgehead atoms. The number of nitrogens with zero attached hydrogens (tertiary/aromatic N) is 1. The molecule has 1 saturated heterocycles. The molecule has 1 aliphatic heterocycles. The van der Waals surface area contributed by atoms with Gasteiger partial charge < -0.3 is 4.74 Å². The first-order chi connectivity index (χ1) is 7.84. The highest BCUT2D eigenvalue weighted by atomic mass is 32.2. The minimum atomic E-state index is -3.46. The Hall–Kier alpha value is -0.910. The van der Waals surface area contributed by atoms with E-state index in [4.69, 9.17) is 4.74 Å². The van der Waals surface area contributed by atoms with Crippen molar-refractivity contribution in [3.63, 3.8) is 0 Å². The zero-order valence-electron chi connectivity index (χ0n) is 10.3. The molecule has 0 atom stereocenters. The molecule has 0 saturated carbocycles. The third kappa shape index (κ3) is 2.22. The van der Waals surface area contributed by atoms with Crippen LogP contribution in [0.2, 0.25) is 0 Å². The monoisotopic (exact) mass is 255 g/mol. The highest BCUT2D eigenvalue weighted by molar-refractivity contribution is 7.89. The van der Waals surface area contributed by atoms with Crippen molar-refractivity contribution in [3.05, 3.63) is 29.8 Å². The number of hydrogen-bond acceptors (Lipinski definition) is 3. The van der Waals surface area contributed by atoms with Gasteiger partial charge in [0.25, 0.3) is 0 Å². The molecule has 1 fully saturated rings. The average molecular weight is 255 g/mol. The molecular formula is C12H17NO3S. The lowest BCUT2D eigenvalue weighted by Gasteiger charge is -2.28. The number of ether oxygens (including phenoxy) is 1. The fourth-order valence-corrected chi connectivity index (χ4v) is 3.68. The summed E-state index contributed by atoms with van der Waals surface area (Å²) in [6.07, 6.45) is 0. The number of rotatable bonds is 2. The molecule has 1 aromatic rings. The largest absolute Gasteiger partial charge is 0.363 e. The van der Waals surface area contributed by atoms with Crippen LogP contribution in [-0.4, -0.2) is 31.6 Å². The highest BCUT2D eigenvalue weighted by Crippen LogP contribution is 2.29. The minimum Gasteiger partial charge on any atom is -0.363 e. The predicted molar refractivity (Wildman–Crippen MR) is 65.1 cm³/mol. The first-order valence-corrected chi connectivity index (χ1v) is 6.95. The smallest absolute Gasteiger partial charge is 0.245 e. The number of aryl methyl sites for hydroxylation is 1. The quantitative estimate of drug-likeness (QED) is 0.809. The molecule has 17 heavy (non-hydrogen) atoms. The van der Waals surface area contributed by atoms with E-state index in [0.29, 0.717) is 11.5 Å². The molecule has 5 heteroatoms. The second-order valence-electron chi connectivity index (χ2n) is 4.96. The van der Waals surface area contributed by atoms with E-state index in [9.17, 15) is 8.42 Å². The molecular weight excluding hydrogens is 238 g/mol. The number of benzene rings is 1. The van der Waals surface area contributed by atoms with Gasteiger partial charge in [-0.1, -0.05) is 12.1 Å². The Morgan fingerprint density at radius 1 is 1.35 bits per heavy atom. The highest BCUT2D eigenvalue weighted by Gasteiger charge is 2.41. The van der Waals surface area contributed by atoms with Gasteiger partial charge in [-0.2, -0.15) is 4.31 Å². The van der Waals surface area contributed by atoms with Crippen LogP contribution in [0, 0.1) is 6.92 Å². The summed E-state index contributed by atoms with van der Waals surface area (Å²) in [7, 11) is -3.46. The first kappa shape index (κ1) is 12.5. The first-order valence-electron chi connectivity index (χ1n) is 5.51. The summed E-state index contributed by atoms with van der Waals surface area (Å²) in [6, 6.07) is 6.94. The van der Waals surface area contributed by atoms with E-state index in [0.717, 1.165) is 5.56 Å². The Kier molecular flexibility index (Phi) is 3.01. The number of sulfonamides is 1. The fraction of sp³-hybridized carbons (Fsp3) is 0.500. The summed E-state index contributed by atoms with van der Waals surface area (Å²) >= 11 is 0. The Bertz CT molecular complexity index is 522. The molecule has 4 nitrogen and oxygen atoms in total. The van der Waals surface area contributed by atoms with Gasteiger partial charge in [0.05, 0.1) is 17.0 Å². The normalized spacial score (nSPS) is 20.6. The Balaban J connectivity index is 2.44. The molecule has 0 N–H and O–H groups in total. The maximum absolute atomic E-state index is 12.4. The van der Waals surface area contributed by atoms with Crippen molar-refractivity contribution < 1.29 is 13.2 Å². The van der Waals surface area contributed by atoms with Gasteiger partial charge in [-0.25, -0.2) is 8.42 Å². The predicted octanol–water partition coefficient (Wildman–Crippen LogP) is 1.75. The summed E-state index contributed by atoms with van der Waals surface area (Å²) in [5.74, 6) is 0. The van der Waals surface area contributed by atoms with Crippen LogP contribution in [0.5, 0.6) is 0 Å². The van der Waals surface area contributed by atoms with Crippen molar-refractivity contribution in [2.75, 3.05) is 13.3 Å². The van der Waals surface area contributed by atoms with E-state index in [1.165, 1.54) is 4.31 Å². The second-order valence-corrected chi connectivity index (χ2v) is 6.82. The van der Waals surface area contributed by atoms with Crippen LogP contribution in [0.4, 0.5) is 0 Å². The van der Waals surface area contributed by atoms with Gasteiger partial charge in [0.1, 0.15) is 6.73 Å². The van der Waals surface area contributed by atoms with Crippen molar-refractivity contribution >= 4 is 10.0 Å². The van der Waals surface area contributed by atoms with Gasteiger partial charge in [0.2, 0.25) is 10.0 Å². The van der Waals surface area contributed by atoms with E-state index in [-0.39, 0.29) is 6.73 Å². The molecule has 0 spiro atoms. The Morgan fingerprint density at radius 2 is 2.06 bits per heavy atom. The van der Waals surface area contributed by atoms with Gasteiger partial charge >= 0.3 is 0 Å². The van der Waals surface area contributed by atoms with Crippen molar-refractivity contribution in [3.8, 4) is 0 Å². The van der Waals surface area contributed by atoms with Crippen LogP contribution in [0.3, 0.4) is 0 Å². The maximum atomic E-state index is 12.4. The van der Waals surface area contributed by atoms with E-state index < -0.39 is 15.6 Å². The van der Waals surface area contributed by atoms with E-state index in [2.05, 4.69) is 0 Å². The topological polar surface area (TPSA) is 46.6 Å². The van der Waals surface area contributed by atoms with Crippen molar-refractivity contribution in [2.24, 2.45) is 0 Å². The van der Waals surface area contributed by atoms with E-state index in [1.807, 2.05) is 26.8 Å². The Labute approximate surface area is 102 Å². The van der Waals surface area contributed by atoms with Gasteiger partial charge in [-0.05, 0) is 38.5 Å². The molecule has 1 heterocycles. The van der Waals surface area contributed by atoms with Crippen LogP contribution in [0.25, 0.3) is 0 Å². The van der Waals surface area contributed by atoms with Gasteiger partial charge in [0, 0.05) is 0 Å². The lowest BCUT2D eigenvalue weighted by molar-refractivity contribution is 0.171. The zero-order chi connectivity index (χ0) is 12.7. The molecule has 1 aliphatic rings. The molecule has 2 rings (SSSR count). The minimum absolute atomic E-state index is 0.128. The lowest BCUT2D eigenvalue weighted by Crippen LogP contribution is -2.44.